The largest absolute Gasteiger partial charge is 0.419 e. The predicted molar refractivity (Wildman–Crippen MR) is 104 cm³/mol. The van der Waals surface area contributed by atoms with Gasteiger partial charge < -0.3 is 9.32 Å². The van der Waals surface area contributed by atoms with Gasteiger partial charge in [0.2, 0.25) is 17.7 Å². The molecule has 2 heterocycles. The summed E-state index contributed by atoms with van der Waals surface area (Å²) in [6.07, 6.45) is 5.51. The summed E-state index contributed by atoms with van der Waals surface area (Å²) in [5, 5.41) is 10.2. The zero-order chi connectivity index (χ0) is 17.9. The highest BCUT2D eigenvalue weighted by atomic mass is 79.9. The van der Waals surface area contributed by atoms with Crippen molar-refractivity contribution in [2.45, 2.75) is 25.4 Å². The van der Waals surface area contributed by atoms with E-state index in [4.69, 9.17) is 4.42 Å². The molecule has 1 amide bonds. The summed E-state index contributed by atoms with van der Waals surface area (Å²) in [6, 6.07) is 11.9. The maximum atomic E-state index is 12.6. The highest BCUT2D eigenvalue weighted by molar-refractivity contribution is 9.10. The first-order valence-corrected chi connectivity index (χ1v) is 9.97. The molecule has 2 aromatic heterocycles. The van der Waals surface area contributed by atoms with Crippen LogP contribution in [0.1, 0.15) is 23.6 Å². The van der Waals surface area contributed by atoms with Crippen molar-refractivity contribution >= 4 is 39.2 Å². The summed E-state index contributed by atoms with van der Waals surface area (Å²) >= 11 is 5.09. The molecule has 1 saturated carbocycles. The third-order valence-electron chi connectivity index (χ3n) is 4.08. The van der Waals surface area contributed by atoms with Crippen molar-refractivity contribution in [3.8, 4) is 11.5 Å². The molecule has 0 bridgehead atoms. The van der Waals surface area contributed by atoms with Gasteiger partial charge in [0.25, 0.3) is 0 Å². The first-order chi connectivity index (χ1) is 12.7. The van der Waals surface area contributed by atoms with E-state index in [1.54, 1.807) is 22.3 Å². The summed E-state index contributed by atoms with van der Waals surface area (Å²) in [5.74, 6) is 0.867. The van der Waals surface area contributed by atoms with E-state index >= 15 is 0 Å². The Morgan fingerprint density at radius 3 is 2.85 bits per heavy atom. The summed E-state index contributed by atoms with van der Waals surface area (Å²) in [5.41, 5.74) is 0.841. The van der Waals surface area contributed by atoms with Crippen LogP contribution in [0.2, 0.25) is 0 Å². The second-order valence-electron chi connectivity index (χ2n) is 6.03. The number of aromatic nitrogens is 2. The number of carbonyl (C=O) groups excluding carboxylic acids is 1. The molecule has 7 heteroatoms. The number of benzene rings is 1. The van der Waals surface area contributed by atoms with Gasteiger partial charge in [-0.15, -0.1) is 21.5 Å². The van der Waals surface area contributed by atoms with Crippen molar-refractivity contribution in [2.24, 2.45) is 0 Å². The van der Waals surface area contributed by atoms with E-state index in [9.17, 15) is 4.79 Å². The first kappa shape index (κ1) is 17.2. The van der Waals surface area contributed by atoms with Crippen LogP contribution in [0.4, 0.5) is 0 Å². The molecule has 1 aromatic carbocycles. The Labute approximate surface area is 163 Å². The molecule has 0 aliphatic heterocycles. The Hall–Kier alpha value is -2.25. The van der Waals surface area contributed by atoms with Crippen LogP contribution in [-0.4, -0.2) is 27.0 Å². The minimum atomic E-state index is -0.0264. The highest BCUT2D eigenvalue weighted by Gasteiger charge is 2.32. The average Bonchev–Trinajstić information content (AvgIpc) is 3.16. The van der Waals surface area contributed by atoms with Crippen LogP contribution >= 0.6 is 27.3 Å². The van der Waals surface area contributed by atoms with E-state index in [1.807, 2.05) is 47.9 Å². The Bertz CT molecular complexity index is 932. The van der Waals surface area contributed by atoms with Gasteiger partial charge in [-0.1, -0.05) is 18.2 Å². The van der Waals surface area contributed by atoms with E-state index in [-0.39, 0.29) is 11.9 Å². The van der Waals surface area contributed by atoms with Gasteiger partial charge in [-0.3, -0.25) is 4.79 Å². The molecule has 1 aliphatic carbocycles. The van der Waals surface area contributed by atoms with Crippen LogP contribution in [0.25, 0.3) is 17.5 Å². The van der Waals surface area contributed by atoms with Crippen LogP contribution in [0.3, 0.4) is 0 Å². The molecule has 1 aliphatic rings. The van der Waals surface area contributed by atoms with E-state index < -0.39 is 0 Å². The normalized spacial score (nSPS) is 14.0. The average molecular weight is 430 g/mol. The van der Waals surface area contributed by atoms with Gasteiger partial charge in [-0.2, -0.15) is 0 Å². The van der Waals surface area contributed by atoms with Crippen LogP contribution in [-0.2, 0) is 11.3 Å². The number of halogens is 1. The monoisotopic (exact) mass is 429 g/mol. The van der Waals surface area contributed by atoms with Crippen molar-refractivity contribution in [3.63, 3.8) is 0 Å². The molecule has 0 N–H and O–H groups in total. The minimum Gasteiger partial charge on any atom is -0.419 e. The number of amides is 1. The standard InChI is InChI=1S/C19H16BrN3O2S/c20-16-6-2-1-5-15(16)19-22-21-17(25-19)12-23(13-7-8-13)18(24)10-9-14-4-3-11-26-14/h1-6,9-11,13H,7-8,12H2. The number of hydrogen-bond donors (Lipinski definition) is 0. The Kier molecular flexibility index (Phi) is 4.99. The third-order valence-corrected chi connectivity index (χ3v) is 5.61. The molecule has 0 unspecified atom stereocenters. The van der Waals surface area contributed by atoms with E-state index in [0.29, 0.717) is 18.3 Å². The Morgan fingerprint density at radius 1 is 1.27 bits per heavy atom. The second kappa shape index (κ2) is 7.55. The molecule has 26 heavy (non-hydrogen) atoms. The molecule has 1 fully saturated rings. The quantitative estimate of drug-likeness (QED) is 0.529. The zero-order valence-corrected chi connectivity index (χ0v) is 16.2. The smallest absolute Gasteiger partial charge is 0.248 e. The predicted octanol–water partition coefficient (Wildman–Crippen LogP) is 4.77. The molecule has 0 radical (unpaired) electrons. The highest BCUT2D eigenvalue weighted by Crippen LogP contribution is 2.30. The van der Waals surface area contributed by atoms with Gasteiger partial charge in [-0.25, -0.2) is 0 Å². The molecule has 0 saturated heterocycles. The first-order valence-electron chi connectivity index (χ1n) is 8.30. The summed E-state index contributed by atoms with van der Waals surface area (Å²) in [7, 11) is 0. The molecule has 0 spiro atoms. The van der Waals surface area contributed by atoms with Gasteiger partial charge in [0.05, 0.1) is 12.1 Å². The summed E-state index contributed by atoms with van der Waals surface area (Å²) in [6.45, 7) is 0.329. The van der Waals surface area contributed by atoms with Crippen molar-refractivity contribution in [1.29, 1.82) is 0 Å². The fraction of sp³-hybridized carbons (Fsp3) is 0.211. The molecule has 4 rings (SSSR count). The van der Waals surface area contributed by atoms with Crippen molar-refractivity contribution in [2.75, 3.05) is 0 Å². The third kappa shape index (κ3) is 3.94. The molecule has 3 aromatic rings. The van der Waals surface area contributed by atoms with Crippen molar-refractivity contribution in [3.05, 3.63) is 63.1 Å². The molecule has 5 nitrogen and oxygen atoms in total. The van der Waals surface area contributed by atoms with Crippen LogP contribution in [0.5, 0.6) is 0 Å². The SMILES string of the molecule is O=C(C=Cc1cccs1)N(Cc1nnc(-c2ccccc2Br)o1)C1CC1. The van der Waals surface area contributed by atoms with Gasteiger partial charge in [0, 0.05) is 21.5 Å². The molecular weight excluding hydrogens is 414 g/mol. The zero-order valence-electron chi connectivity index (χ0n) is 13.8. The summed E-state index contributed by atoms with van der Waals surface area (Å²) in [4.78, 5) is 15.5. The van der Waals surface area contributed by atoms with Gasteiger partial charge in [0.1, 0.15) is 0 Å². The maximum Gasteiger partial charge on any atom is 0.248 e. The topological polar surface area (TPSA) is 59.2 Å². The lowest BCUT2D eigenvalue weighted by Crippen LogP contribution is -2.31. The maximum absolute atomic E-state index is 12.6. The van der Waals surface area contributed by atoms with Gasteiger partial charge >= 0.3 is 0 Å². The fourth-order valence-corrected chi connectivity index (χ4v) is 3.69. The van der Waals surface area contributed by atoms with Crippen molar-refractivity contribution in [1.82, 2.24) is 15.1 Å². The van der Waals surface area contributed by atoms with Crippen LogP contribution < -0.4 is 0 Å². The lowest BCUT2D eigenvalue weighted by atomic mass is 10.2. The number of hydrogen-bond acceptors (Lipinski definition) is 5. The van der Waals surface area contributed by atoms with Gasteiger partial charge in [0.15, 0.2) is 0 Å². The number of thiophene rings is 1. The molecule has 132 valence electrons. The van der Waals surface area contributed by atoms with E-state index in [1.165, 1.54) is 0 Å². The number of nitrogens with zero attached hydrogens (tertiary/aromatic N) is 3. The fourth-order valence-electron chi connectivity index (χ4n) is 2.62. The number of carbonyl (C=O) groups is 1. The van der Waals surface area contributed by atoms with E-state index in [2.05, 4.69) is 26.1 Å². The lowest BCUT2D eigenvalue weighted by molar-refractivity contribution is -0.127. The number of rotatable bonds is 6. The van der Waals surface area contributed by atoms with Crippen LogP contribution in [0.15, 0.2) is 56.7 Å². The lowest BCUT2D eigenvalue weighted by Gasteiger charge is -2.18. The molecular formula is C19H16BrN3O2S. The van der Waals surface area contributed by atoms with Crippen molar-refractivity contribution < 1.29 is 9.21 Å². The second-order valence-corrected chi connectivity index (χ2v) is 7.86. The Morgan fingerprint density at radius 2 is 2.12 bits per heavy atom. The van der Waals surface area contributed by atoms with Crippen LogP contribution in [0, 0.1) is 0 Å². The molecule has 0 atom stereocenters. The van der Waals surface area contributed by atoms with E-state index in [0.717, 1.165) is 27.8 Å². The minimum absolute atomic E-state index is 0.0264. The van der Waals surface area contributed by atoms with Gasteiger partial charge in [-0.05, 0) is 58.4 Å². The summed E-state index contributed by atoms with van der Waals surface area (Å²) < 4.78 is 6.68. The Balaban J connectivity index is 1.49.